The molecule has 0 radical (unpaired) electrons. The summed E-state index contributed by atoms with van der Waals surface area (Å²) in [5.74, 6) is 0.395. The summed E-state index contributed by atoms with van der Waals surface area (Å²) in [6.07, 6.45) is 1.48. The van der Waals surface area contributed by atoms with Crippen LogP contribution >= 0.6 is 11.3 Å². The minimum Gasteiger partial charge on any atom is -0.484 e. The molecule has 7 heteroatoms. The van der Waals surface area contributed by atoms with E-state index in [1.165, 1.54) is 23.5 Å². The zero-order valence-corrected chi connectivity index (χ0v) is 15.5. The summed E-state index contributed by atoms with van der Waals surface area (Å²) in [6, 6.07) is 13.8. The van der Waals surface area contributed by atoms with Gasteiger partial charge in [0.25, 0.3) is 11.1 Å². The van der Waals surface area contributed by atoms with E-state index in [4.69, 9.17) is 9.47 Å². The number of ether oxygens (including phenoxy) is 2. The number of carbonyl (C=O) groups excluding carboxylic acids is 1. The van der Waals surface area contributed by atoms with Crippen LogP contribution in [0.3, 0.4) is 0 Å². The smallest absolute Gasteiger partial charge is 0.274 e. The van der Waals surface area contributed by atoms with Gasteiger partial charge in [-0.25, -0.2) is 9.37 Å². The van der Waals surface area contributed by atoms with Crippen molar-refractivity contribution < 1.29 is 18.7 Å². The second-order valence-electron chi connectivity index (χ2n) is 6.39. The average molecular weight is 386 g/mol. The zero-order chi connectivity index (χ0) is 18.6. The number of rotatable bonds is 5. The predicted molar refractivity (Wildman–Crippen MR) is 102 cm³/mol. The Hall–Kier alpha value is -2.67. The lowest BCUT2D eigenvalue weighted by Gasteiger charge is -2.31. The fourth-order valence-corrected chi connectivity index (χ4v) is 3.95. The molecule has 0 N–H and O–H groups in total. The highest BCUT2D eigenvalue weighted by Gasteiger charge is 2.25. The van der Waals surface area contributed by atoms with Gasteiger partial charge < -0.3 is 14.4 Å². The van der Waals surface area contributed by atoms with E-state index in [0.29, 0.717) is 24.0 Å². The number of piperidine rings is 1. The number of amides is 1. The molecular weight excluding hydrogens is 367 g/mol. The maximum Gasteiger partial charge on any atom is 0.274 e. The normalized spacial score (nSPS) is 15.1. The molecule has 3 aromatic rings. The van der Waals surface area contributed by atoms with Crippen LogP contribution in [0.5, 0.6) is 10.9 Å². The number of halogens is 1. The molecule has 2 aromatic carbocycles. The van der Waals surface area contributed by atoms with E-state index < -0.39 is 0 Å². The number of likely N-dealkylation sites (tertiary alicyclic amines) is 1. The lowest BCUT2D eigenvalue weighted by molar-refractivity contribution is -0.135. The number of aromatic nitrogens is 1. The van der Waals surface area contributed by atoms with Crippen molar-refractivity contribution in [1.29, 1.82) is 0 Å². The summed E-state index contributed by atoms with van der Waals surface area (Å²) in [7, 11) is 0. The number of benzene rings is 2. The van der Waals surface area contributed by atoms with E-state index >= 15 is 0 Å². The van der Waals surface area contributed by atoms with E-state index in [2.05, 4.69) is 4.98 Å². The van der Waals surface area contributed by atoms with Crippen LogP contribution in [0.15, 0.2) is 48.5 Å². The Balaban J connectivity index is 1.27. The Labute approximate surface area is 160 Å². The van der Waals surface area contributed by atoms with E-state index in [9.17, 15) is 9.18 Å². The molecule has 0 saturated carbocycles. The maximum atomic E-state index is 13.3. The molecule has 27 heavy (non-hydrogen) atoms. The van der Waals surface area contributed by atoms with Crippen LogP contribution < -0.4 is 9.47 Å². The molecule has 1 amide bonds. The quantitative estimate of drug-likeness (QED) is 0.668. The van der Waals surface area contributed by atoms with Gasteiger partial charge in [0.05, 0.1) is 10.2 Å². The number of thiazole rings is 1. The van der Waals surface area contributed by atoms with Crippen LogP contribution in [0, 0.1) is 5.82 Å². The molecule has 1 aromatic heterocycles. The molecule has 1 aliphatic rings. The third-order valence-corrected chi connectivity index (χ3v) is 5.41. The van der Waals surface area contributed by atoms with Gasteiger partial charge in [0, 0.05) is 25.9 Å². The van der Waals surface area contributed by atoms with Crippen molar-refractivity contribution in [3.63, 3.8) is 0 Å². The first-order chi connectivity index (χ1) is 13.2. The van der Waals surface area contributed by atoms with Crippen LogP contribution in [0.4, 0.5) is 4.39 Å². The highest BCUT2D eigenvalue weighted by atomic mass is 32.1. The van der Waals surface area contributed by atoms with Gasteiger partial charge in [-0.05, 0) is 30.3 Å². The van der Waals surface area contributed by atoms with Crippen LogP contribution in [-0.2, 0) is 4.79 Å². The molecule has 0 aliphatic carbocycles. The van der Waals surface area contributed by atoms with Gasteiger partial charge >= 0.3 is 0 Å². The molecule has 0 bridgehead atoms. The number of para-hydroxylation sites is 1. The SMILES string of the molecule is O=C(COc1ccccc1)N1CCC(Oc2nc3ccc(F)cc3s2)CC1. The van der Waals surface area contributed by atoms with Crippen molar-refractivity contribution >= 4 is 27.5 Å². The fourth-order valence-electron chi connectivity index (χ4n) is 3.05. The first-order valence-electron chi connectivity index (χ1n) is 8.86. The molecule has 140 valence electrons. The van der Waals surface area contributed by atoms with Gasteiger partial charge in [-0.2, -0.15) is 0 Å². The average Bonchev–Trinajstić information content (AvgIpc) is 3.09. The Morgan fingerprint density at radius 2 is 1.96 bits per heavy atom. The fraction of sp³-hybridized carbons (Fsp3) is 0.300. The number of fused-ring (bicyclic) bond motifs is 1. The predicted octanol–water partition coefficient (Wildman–Crippen LogP) is 3.88. The number of hydrogen-bond acceptors (Lipinski definition) is 5. The van der Waals surface area contributed by atoms with E-state index in [0.717, 1.165) is 23.1 Å². The van der Waals surface area contributed by atoms with Gasteiger partial charge in [0.2, 0.25) is 0 Å². The van der Waals surface area contributed by atoms with Crippen LogP contribution in [0.1, 0.15) is 12.8 Å². The summed E-state index contributed by atoms with van der Waals surface area (Å²) in [5, 5.41) is 0.549. The topological polar surface area (TPSA) is 51.7 Å². The van der Waals surface area contributed by atoms with Crippen molar-refractivity contribution in [3.8, 4) is 10.9 Å². The molecular formula is C20H19FN2O3S. The Kier molecular flexibility index (Phi) is 5.20. The summed E-state index contributed by atoms with van der Waals surface area (Å²) < 4.78 is 25.5. The number of hydrogen-bond donors (Lipinski definition) is 0. The van der Waals surface area contributed by atoms with Crippen molar-refractivity contribution in [2.24, 2.45) is 0 Å². The highest BCUT2D eigenvalue weighted by Crippen LogP contribution is 2.30. The highest BCUT2D eigenvalue weighted by molar-refractivity contribution is 7.20. The first-order valence-corrected chi connectivity index (χ1v) is 9.67. The van der Waals surface area contributed by atoms with Crippen molar-refractivity contribution in [2.75, 3.05) is 19.7 Å². The number of carbonyl (C=O) groups is 1. The van der Waals surface area contributed by atoms with E-state index in [-0.39, 0.29) is 24.4 Å². The summed E-state index contributed by atoms with van der Waals surface area (Å²) in [5.41, 5.74) is 0.738. The number of nitrogens with zero attached hydrogens (tertiary/aromatic N) is 2. The third-order valence-electron chi connectivity index (χ3n) is 4.50. The molecule has 5 nitrogen and oxygen atoms in total. The largest absolute Gasteiger partial charge is 0.484 e. The molecule has 4 rings (SSSR count). The molecule has 2 heterocycles. The minimum absolute atomic E-state index is 0.00880. The minimum atomic E-state index is -0.276. The molecule has 1 saturated heterocycles. The van der Waals surface area contributed by atoms with Gasteiger partial charge in [-0.1, -0.05) is 29.5 Å². The summed E-state index contributed by atoms with van der Waals surface area (Å²) >= 11 is 1.34. The second-order valence-corrected chi connectivity index (χ2v) is 7.38. The monoisotopic (exact) mass is 386 g/mol. The van der Waals surface area contributed by atoms with Crippen LogP contribution in [-0.4, -0.2) is 41.6 Å². The van der Waals surface area contributed by atoms with Crippen LogP contribution in [0.2, 0.25) is 0 Å². The Bertz CT molecular complexity index is 923. The summed E-state index contributed by atoms with van der Waals surface area (Å²) in [6.45, 7) is 1.29. The van der Waals surface area contributed by atoms with Gasteiger partial charge in [0.1, 0.15) is 17.7 Å². The van der Waals surface area contributed by atoms with Gasteiger partial charge in [-0.15, -0.1) is 0 Å². The molecule has 0 atom stereocenters. The molecule has 0 spiro atoms. The lowest BCUT2D eigenvalue weighted by Crippen LogP contribution is -2.43. The third kappa shape index (κ3) is 4.36. The second kappa shape index (κ2) is 7.92. The zero-order valence-electron chi connectivity index (χ0n) is 14.6. The standard InChI is InChI=1S/C20H19FN2O3S/c21-14-6-7-17-18(12-14)27-20(22-17)26-16-8-10-23(11-9-16)19(24)13-25-15-4-2-1-3-5-15/h1-7,12,16H,8-11,13H2. The van der Waals surface area contributed by atoms with E-state index in [1.54, 1.807) is 11.0 Å². The van der Waals surface area contributed by atoms with Crippen molar-refractivity contribution in [1.82, 2.24) is 9.88 Å². The van der Waals surface area contributed by atoms with E-state index in [1.807, 2.05) is 30.3 Å². The van der Waals surface area contributed by atoms with Gasteiger partial charge in [0.15, 0.2) is 6.61 Å². The molecule has 1 fully saturated rings. The van der Waals surface area contributed by atoms with Crippen molar-refractivity contribution in [2.45, 2.75) is 18.9 Å². The molecule has 0 unspecified atom stereocenters. The Morgan fingerprint density at radius 3 is 2.74 bits per heavy atom. The summed E-state index contributed by atoms with van der Waals surface area (Å²) in [4.78, 5) is 18.5. The van der Waals surface area contributed by atoms with Crippen molar-refractivity contribution in [3.05, 3.63) is 54.3 Å². The van der Waals surface area contributed by atoms with Crippen LogP contribution in [0.25, 0.3) is 10.2 Å². The Morgan fingerprint density at radius 1 is 1.19 bits per heavy atom. The maximum absolute atomic E-state index is 13.3. The molecule has 1 aliphatic heterocycles. The van der Waals surface area contributed by atoms with Gasteiger partial charge in [-0.3, -0.25) is 4.79 Å². The lowest BCUT2D eigenvalue weighted by atomic mass is 10.1. The first kappa shape index (κ1) is 17.7.